The van der Waals surface area contributed by atoms with E-state index in [4.69, 9.17) is 5.73 Å². The summed E-state index contributed by atoms with van der Waals surface area (Å²) in [6, 6.07) is 9.71. The van der Waals surface area contributed by atoms with Gasteiger partial charge in [0.1, 0.15) is 0 Å². The van der Waals surface area contributed by atoms with Crippen molar-refractivity contribution in [2.45, 2.75) is 13.0 Å². The number of benzene rings is 1. The summed E-state index contributed by atoms with van der Waals surface area (Å²) >= 11 is 0. The maximum Gasteiger partial charge on any atom is 0.259 e. The fraction of sp³-hybridized carbons (Fsp3) is 0.200. The third-order valence-electron chi connectivity index (χ3n) is 1.71. The minimum absolute atomic E-state index is 0.0197. The van der Waals surface area contributed by atoms with Crippen molar-refractivity contribution in [2.24, 2.45) is 10.7 Å². The smallest absolute Gasteiger partial charge is 0.259 e. The van der Waals surface area contributed by atoms with Crippen molar-refractivity contribution in [3.63, 3.8) is 0 Å². The molecule has 0 aromatic heterocycles. The highest BCUT2D eigenvalue weighted by Crippen LogP contribution is 2.14. The van der Waals surface area contributed by atoms with Gasteiger partial charge in [-0.2, -0.15) is 0 Å². The summed E-state index contributed by atoms with van der Waals surface area (Å²) in [5.74, 6) is -0.511. The molecule has 1 aromatic rings. The number of rotatable bonds is 3. The molecule has 1 atom stereocenters. The van der Waals surface area contributed by atoms with Crippen molar-refractivity contribution in [3.8, 4) is 0 Å². The minimum Gasteiger partial charge on any atom is -0.365 e. The van der Waals surface area contributed by atoms with Crippen LogP contribution in [0, 0.1) is 0 Å². The van der Waals surface area contributed by atoms with Gasteiger partial charge < -0.3 is 5.73 Å². The molecule has 0 saturated carbocycles. The van der Waals surface area contributed by atoms with Crippen LogP contribution in [0.25, 0.3) is 0 Å². The molecule has 1 aromatic carbocycles. The molecule has 0 aliphatic rings. The lowest BCUT2D eigenvalue weighted by atomic mass is 10.1. The standard InChI is InChI=1S/C10H12N2O/c1-8(12-7-10(11)13)9-5-3-2-4-6-9/h2-8H,1H3,(H2,11,13). The Balaban J connectivity index is 2.69. The van der Waals surface area contributed by atoms with Gasteiger partial charge in [-0.15, -0.1) is 0 Å². The van der Waals surface area contributed by atoms with Gasteiger partial charge in [0.05, 0.1) is 12.3 Å². The van der Waals surface area contributed by atoms with E-state index in [0.29, 0.717) is 0 Å². The van der Waals surface area contributed by atoms with Crippen LogP contribution in [-0.2, 0) is 4.79 Å². The van der Waals surface area contributed by atoms with Gasteiger partial charge in [0.25, 0.3) is 5.91 Å². The highest BCUT2D eigenvalue weighted by molar-refractivity contribution is 6.25. The molecule has 0 spiro atoms. The molecule has 1 rings (SSSR count). The summed E-state index contributed by atoms with van der Waals surface area (Å²) in [4.78, 5) is 14.4. The van der Waals surface area contributed by atoms with E-state index in [1.54, 1.807) is 0 Å². The molecule has 68 valence electrons. The molecule has 3 heteroatoms. The lowest BCUT2D eigenvalue weighted by Gasteiger charge is -2.04. The van der Waals surface area contributed by atoms with Crippen LogP contribution >= 0.6 is 0 Å². The number of hydrogen-bond acceptors (Lipinski definition) is 2. The second-order valence-electron chi connectivity index (χ2n) is 2.77. The van der Waals surface area contributed by atoms with E-state index in [9.17, 15) is 4.79 Å². The number of nitrogens with zero attached hydrogens (tertiary/aromatic N) is 1. The summed E-state index contributed by atoms with van der Waals surface area (Å²) in [6.45, 7) is 1.91. The van der Waals surface area contributed by atoms with E-state index in [-0.39, 0.29) is 6.04 Å². The highest BCUT2D eigenvalue weighted by Gasteiger charge is 2.00. The topological polar surface area (TPSA) is 55.4 Å². The van der Waals surface area contributed by atoms with Crippen LogP contribution in [0.15, 0.2) is 35.3 Å². The van der Waals surface area contributed by atoms with E-state index in [1.807, 2.05) is 37.3 Å². The molecule has 13 heavy (non-hydrogen) atoms. The number of carbonyl (C=O) groups is 1. The first-order valence-corrected chi connectivity index (χ1v) is 4.07. The van der Waals surface area contributed by atoms with E-state index >= 15 is 0 Å². The zero-order valence-corrected chi connectivity index (χ0v) is 7.47. The molecule has 0 radical (unpaired) electrons. The molecule has 0 fully saturated rings. The summed E-state index contributed by atoms with van der Waals surface area (Å²) in [5, 5.41) is 0. The van der Waals surface area contributed by atoms with Crippen molar-refractivity contribution >= 4 is 12.1 Å². The Hall–Kier alpha value is -1.64. The van der Waals surface area contributed by atoms with Gasteiger partial charge in [-0.05, 0) is 12.5 Å². The molecular formula is C10H12N2O. The third-order valence-corrected chi connectivity index (χ3v) is 1.71. The van der Waals surface area contributed by atoms with Crippen LogP contribution in [0.2, 0.25) is 0 Å². The SMILES string of the molecule is CC(N=CC(N)=O)c1ccccc1. The number of hydrogen-bond donors (Lipinski definition) is 1. The Morgan fingerprint density at radius 3 is 2.62 bits per heavy atom. The molecule has 0 bridgehead atoms. The second-order valence-corrected chi connectivity index (χ2v) is 2.77. The van der Waals surface area contributed by atoms with E-state index in [0.717, 1.165) is 11.8 Å². The Morgan fingerprint density at radius 2 is 2.08 bits per heavy atom. The third kappa shape index (κ3) is 3.07. The van der Waals surface area contributed by atoms with Crippen molar-refractivity contribution in [2.75, 3.05) is 0 Å². The maximum atomic E-state index is 10.4. The van der Waals surface area contributed by atoms with Crippen LogP contribution in [0.4, 0.5) is 0 Å². The molecule has 3 nitrogen and oxygen atoms in total. The van der Waals surface area contributed by atoms with Gasteiger partial charge in [0, 0.05) is 0 Å². The normalized spacial score (nSPS) is 13.0. The Bertz CT molecular complexity index is 306. The summed E-state index contributed by atoms with van der Waals surface area (Å²) in [5.41, 5.74) is 6.00. The van der Waals surface area contributed by atoms with Gasteiger partial charge in [-0.3, -0.25) is 9.79 Å². The van der Waals surface area contributed by atoms with Crippen molar-refractivity contribution < 1.29 is 4.79 Å². The number of nitrogens with two attached hydrogens (primary N) is 1. The van der Waals surface area contributed by atoms with E-state index in [2.05, 4.69) is 4.99 Å². The van der Waals surface area contributed by atoms with Crippen molar-refractivity contribution in [1.82, 2.24) is 0 Å². The predicted octanol–water partition coefficient (Wildman–Crippen LogP) is 1.30. The van der Waals surface area contributed by atoms with Gasteiger partial charge in [0.2, 0.25) is 0 Å². The van der Waals surface area contributed by atoms with Crippen LogP contribution in [0.5, 0.6) is 0 Å². The number of amides is 1. The molecule has 1 amide bonds. The van der Waals surface area contributed by atoms with Crippen LogP contribution in [0.3, 0.4) is 0 Å². The predicted molar refractivity (Wildman–Crippen MR) is 52.5 cm³/mol. The number of carbonyl (C=O) groups excluding carboxylic acids is 1. The Labute approximate surface area is 77.3 Å². The zero-order chi connectivity index (χ0) is 9.68. The first-order chi connectivity index (χ1) is 6.20. The summed E-state index contributed by atoms with van der Waals surface area (Å²) in [7, 11) is 0. The van der Waals surface area contributed by atoms with Gasteiger partial charge in [-0.25, -0.2) is 0 Å². The molecule has 0 aliphatic heterocycles. The molecule has 0 heterocycles. The fourth-order valence-electron chi connectivity index (χ4n) is 1.00. The zero-order valence-electron chi connectivity index (χ0n) is 7.47. The van der Waals surface area contributed by atoms with Crippen LogP contribution in [0.1, 0.15) is 18.5 Å². The summed E-state index contributed by atoms with van der Waals surface area (Å²) in [6.07, 6.45) is 1.15. The monoisotopic (exact) mass is 176 g/mol. The van der Waals surface area contributed by atoms with Crippen molar-refractivity contribution in [3.05, 3.63) is 35.9 Å². The Morgan fingerprint density at radius 1 is 1.46 bits per heavy atom. The average molecular weight is 176 g/mol. The molecule has 0 saturated heterocycles. The van der Waals surface area contributed by atoms with Gasteiger partial charge in [0.15, 0.2) is 0 Å². The molecular weight excluding hydrogens is 164 g/mol. The average Bonchev–Trinajstić information content (AvgIpc) is 2.15. The molecule has 2 N–H and O–H groups in total. The fourth-order valence-corrected chi connectivity index (χ4v) is 1.00. The lowest BCUT2D eigenvalue weighted by molar-refractivity contribution is -0.111. The second kappa shape index (κ2) is 4.40. The first kappa shape index (κ1) is 9.45. The van der Waals surface area contributed by atoms with Gasteiger partial charge >= 0.3 is 0 Å². The molecule has 0 aliphatic carbocycles. The number of primary amides is 1. The molecule has 1 unspecified atom stereocenters. The largest absolute Gasteiger partial charge is 0.365 e. The lowest BCUT2D eigenvalue weighted by Crippen LogP contribution is -2.12. The van der Waals surface area contributed by atoms with Crippen molar-refractivity contribution in [1.29, 1.82) is 0 Å². The van der Waals surface area contributed by atoms with Crippen LogP contribution < -0.4 is 5.73 Å². The van der Waals surface area contributed by atoms with Gasteiger partial charge in [-0.1, -0.05) is 30.3 Å². The van der Waals surface area contributed by atoms with E-state index < -0.39 is 5.91 Å². The Kier molecular flexibility index (Phi) is 3.20. The minimum atomic E-state index is -0.511. The highest BCUT2D eigenvalue weighted by atomic mass is 16.1. The van der Waals surface area contributed by atoms with E-state index in [1.165, 1.54) is 0 Å². The number of aliphatic imine (C=N–C) groups is 1. The quantitative estimate of drug-likeness (QED) is 0.693. The maximum absolute atomic E-state index is 10.4. The first-order valence-electron chi connectivity index (χ1n) is 4.07. The summed E-state index contributed by atoms with van der Waals surface area (Å²) < 4.78 is 0. The van der Waals surface area contributed by atoms with Crippen LogP contribution in [-0.4, -0.2) is 12.1 Å².